The van der Waals surface area contributed by atoms with E-state index < -0.39 is 10.0 Å². The minimum Gasteiger partial charge on any atom is -0.493 e. The van der Waals surface area contributed by atoms with Gasteiger partial charge in [0.1, 0.15) is 5.75 Å². The molecular formula is C14H19NO3S. The molecular weight excluding hydrogens is 262 g/mol. The first-order chi connectivity index (χ1) is 9.15. The van der Waals surface area contributed by atoms with E-state index in [-0.39, 0.29) is 6.04 Å². The van der Waals surface area contributed by atoms with Gasteiger partial charge in [-0.25, -0.2) is 13.1 Å². The molecule has 2 aliphatic rings. The molecule has 0 amide bonds. The van der Waals surface area contributed by atoms with E-state index in [2.05, 4.69) is 4.72 Å². The second-order valence-electron chi connectivity index (χ2n) is 5.32. The average Bonchev–Trinajstić information content (AvgIpc) is 2.90. The van der Waals surface area contributed by atoms with Gasteiger partial charge in [0, 0.05) is 6.04 Å². The minimum absolute atomic E-state index is 0.109. The van der Waals surface area contributed by atoms with Crippen LogP contribution in [-0.4, -0.2) is 21.1 Å². The lowest BCUT2D eigenvalue weighted by atomic mass is 10.1. The van der Waals surface area contributed by atoms with E-state index in [0.717, 1.165) is 56.4 Å². The maximum Gasteiger partial charge on any atom is 0.240 e. The Balaban J connectivity index is 1.84. The van der Waals surface area contributed by atoms with Crippen LogP contribution in [0.2, 0.25) is 0 Å². The number of fused-ring (bicyclic) bond motifs is 1. The van der Waals surface area contributed by atoms with E-state index >= 15 is 0 Å². The van der Waals surface area contributed by atoms with Gasteiger partial charge in [-0.15, -0.1) is 0 Å². The molecule has 1 fully saturated rings. The molecule has 0 spiro atoms. The Morgan fingerprint density at radius 2 is 1.95 bits per heavy atom. The Hall–Kier alpha value is -1.07. The van der Waals surface area contributed by atoms with Crippen molar-refractivity contribution in [3.63, 3.8) is 0 Å². The van der Waals surface area contributed by atoms with Crippen molar-refractivity contribution in [2.24, 2.45) is 0 Å². The van der Waals surface area contributed by atoms with Crippen molar-refractivity contribution in [1.29, 1.82) is 0 Å². The zero-order chi connectivity index (χ0) is 13.3. The number of hydrogen-bond donors (Lipinski definition) is 1. The molecule has 1 aliphatic heterocycles. The number of ether oxygens (including phenoxy) is 1. The van der Waals surface area contributed by atoms with Crippen LogP contribution < -0.4 is 9.46 Å². The third-order valence-corrected chi connectivity index (χ3v) is 5.39. The number of benzene rings is 1. The summed E-state index contributed by atoms with van der Waals surface area (Å²) in [5.41, 5.74) is 1.00. The number of hydrogen-bond acceptors (Lipinski definition) is 3. The van der Waals surface area contributed by atoms with Crippen molar-refractivity contribution in [3.8, 4) is 5.75 Å². The molecule has 0 radical (unpaired) electrons. The highest BCUT2D eigenvalue weighted by Crippen LogP contribution is 2.28. The first-order valence-electron chi connectivity index (χ1n) is 6.93. The third-order valence-electron chi connectivity index (χ3n) is 3.87. The average molecular weight is 281 g/mol. The Kier molecular flexibility index (Phi) is 3.50. The predicted octanol–water partition coefficient (Wildman–Crippen LogP) is 2.23. The molecule has 4 nitrogen and oxygen atoms in total. The summed E-state index contributed by atoms with van der Waals surface area (Å²) in [6, 6.07) is 5.28. The summed E-state index contributed by atoms with van der Waals surface area (Å²) in [5.74, 6) is 0.825. The van der Waals surface area contributed by atoms with E-state index in [1.165, 1.54) is 0 Å². The molecule has 1 aromatic rings. The van der Waals surface area contributed by atoms with E-state index in [0.29, 0.717) is 4.90 Å². The van der Waals surface area contributed by atoms with Crippen LogP contribution in [0.1, 0.15) is 37.7 Å². The number of nitrogens with one attached hydrogen (secondary N) is 1. The summed E-state index contributed by atoms with van der Waals surface area (Å²) in [5, 5.41) is 0. The highest BCUT2D eigenvalue weighted by Gasteiger charge is 2.24. The molecule has 104 valence electrons. The smallest absolute Gasteiger partial charge is 0.240 e. The standard InChI is InChI=1S/C14H19NO3S/c16-19(17,15-12-5-1-2-6-12)13-7-8-14-11(10-13)4-3-9-18-14/h7-8,10,12,15H,1-6,9H2. The van der Waals surface area contributed by atoms with Gasteiger partial charge in [0.2, 0.25) is 10.0 Å². The highest BCUT2D eigenvalue weighted by molar-refractivity contribution is 7.89. The van der Waals surface area contributed by atoms with Gasteiger partial charge >= 0.3 is 0 Å². The van der Waals surface area contributed by atoms with Crippen molar-refractivity contribution >= 4 is 10.0 Å². The molecule has 1 heterocycles. The lowest BCUT2D eigenvalue weighted by Gasteiger charge is -2.18. The van der Waals surface area contributed by atoms with Gasteiger partial charge in [0.05, 0.1) is 11.5 Å². The van der Waals surface area contributed by atoms with Crippen molar-refractivity contribution in [2.45, 2.75) is 49.5 Å². The summed E-state index contributed by atoms with van der Waals surface area (Å²) >= 11 is 0. The summed E-state index contributed by atoms with van der Waals surface area (Å²) in [7, 11) is -3.38. The van der Waals surface area contributed by atoms with Crippen LogP contribution in [-0.2, 0) is 16.4 Å². The first kappa shape index (κ1) is 12.9. The summed E-state index contributed by atoms with van der Waals surface area (Å²) < 4.78 is 33.0. The second-order valence-corrected chi connectivity index (χ2v) is 7.04. The molecule has 19 heavy (non-hydrogen) atoms. The molecule has 0 atom stereocenters. The lowest BCUT2D eigenvalue weighted by Crippen LogP contribution is -2.32. The maximum absolute atomic E-state index is 12.3. The summed E-state index contributed by atoms with van der Waals surface area (Å²) in [6.07, 6.45) is 5.98. The fourth-order valence-electron chi connectivity index (χ4n) is 2.84. The van der Waals surface area contributed by atoms with Gasteiger partial charge < -0.3 is 4.74 Å². The number of sulfonamides is 1. The van der Waals surface area contributed by atoms with Gasteiger partial charge in [0.25, 0.3) is 0 Å². The molecule has 0 aromatic heterocycles. The van der Waals surface area contributed by atoms with Crippen LogP contribution in [0.5, 0.6) is 5.75 Å². The van der Waals surface area contributed by atoms with Crippen molar-refractivity contribution in [2.75, 3.05) is 6.61 Å². The SMILES string of the molecule is O=S(=O)(NC1CCCC1)c1ccc2c(c1)CCCO2. The molecule has 0 bridgehead atoms. The zero-order valence-corrected chi connectivity index (χ0v) is 11.7. The fourth-order valence-corrected chi connectivity index (χ4v) is 4.19. The van der Waals surface area contributed by atoms with Crippen LogP contribution >= 0.6 is 0 Å². The van der Waals surface area contributed by atoms with Gasteiger partial charge in [-0.05, 0) is 49.4 Å². The minimum atomic E-state index is -3.38. The van der Waals surface area contributed by atoms with Crippen molar-refractivity contribution < 1.29 is 13.2 Å². The molecule has 1 saturated carbocycles. The molecule has 1 aromatic carbocycles. The Morgan fingerprint density at radius 1 is 1.16 bits per heavy atom. The van der Waals surface area contributed by atoms with Crippen LogP contribution in [0.4, 0.5) is 0 Å². The Bertz CT molecular complexity index is 562. The predicted molar refractivity (Wildman–Crippen MR) is 72.8 cm³/mol. The summed E-state index contributed by atoms with van der Waals surface area (Å²) in [6.45, 7) is 0.722. The quantitative estimate of drug-likeness (QED) is 0.924. The summed E-state index contributed by atoms with van der Waals surface area (Å²) in [4.78, 5) is 0.364. The maximum atomic E-state index is 12.3. The normalized spacial score (nSPS) is 20.0. The molecule has 5 heteroatoms. The fraction of sp³-hybridized carbons (Fsp3) is 0.571. The van der Waals surface area contributed by atoms with Gasteiger partial charge in [0.15, 0.2) is 0 Å². The van der Waals surface area contributed by atoms with Gasteiger partial charge in [-0.3, -0.25) is 0 Å². The van der Waals surface area contributed by atoms with Crippen molar-refractivity contribution in [1.82, 2.24) is 4.72 Å². The van der Waals surface area contributed by atoms with Gasteiger partial charge in [-0.2, -0.15) is 0 Å². The monoisotopic (exact) mass is 281 g/mol. The molecule has 0 saturated heterocycles. The first-order valence-corrected chi connectivity index (χ1v) is 8.41. The van der Waals surface area contributed by atoms with Crippen LogP contribution in [0, 0.1) is 0 Å². The number of aryl methyl sites for hydroxylation is 1. The van der Waals surface area contributed by atoms with Crippen LogP contribution in [0.15, 0.2) is 23.1 Å². The Labute approximate surface area is 114 Å². The second kappa shape index (κ2) is 5.13. The van der Waals surface area contributed by atoms with Crippen molar-refractivity contribution in [3.05, 3.63) is 23.8 Å². The molecule has 0 unspecified atom stereocenters. The third kappa shape index (κ3) is 2.77. The zero-order valence-electron chi connectivity index (χ0n) is 10.9. The van der Waals surface area contributed by atoms with Crippen LogP contribution in [0.25, 0.3) is 0 Å². The number of rotatable bonds is 3. The lowest BCUT2D eigenvalue weighted by molar-refractivity contribution is 0.288. The van der Waals surface area contributed by atoms with E-state index in [9.17, 15) is 8.42 Å². The van der Waals surface area contributed by atoms with E-state index in [4.69, 9.17) is 4.74 Å². The largest absolute Gasteiger partial charge is 0.493 e. The molecule has 1 N–H and O–H groups in total. The van der Waals surface area contributed by atoms with Gasteiger partial charge in [-0.1, -0.05) is 12.8 Å². The topological polar surface area (TPSA) is 55.4 Å². The molecule has 1 aliphatic carbocycles. The molecule has 3 rings (SSSR count). The van der Waals surface area contributed by atoms with E-state index in [1.54, 1.807) is 18.2 Å². The van der Waals surface area contributed by atoms with Crippen LogP contribution in [0.3, 0.4) is 0 Å². The Morgan fingerprint density at radius 3 is 2.74 bits per heavy atom. The van der Waals surface area contributed by atoms with E-state index in [1.807, 2.05) is 0 Å². The highest BCUT2D eigenvalue weighted by atomic mass is 32.2.